The molecule has 3 aromatic rings. The lowest BCUT2D eigenvalue weighted by Crippen LogP contribution is -2.30. The predicted molar refractivity (Wildman–Crippen MR) is 154 cm³/mol. The molecule has 1 saturated heterocycles. The molecule has 0 amide bonds. The average Bonchev–Trinajstić information content (AvgIpc) is 3.61. The number of benzene rings is 2. The van der Waals surface area contributed by atoms with Crippen LogP contribution in [-0.4, -0.2) is 49.6 Å². The number of nitrogens with zero attached hydrogens (tertiary/aromatic N) is 2. The number of esters is 1. The summed E-state index contributed by atoms with van der Waals surface area (Å²) in [6, 6.07) is 7.75. The van der Waals surface area contributed by atoms with Crippen molar-refractivity contribution in [3.05, 3.63) is 64.5 Å². The van der Waals surface area contributed by atoms with Crippen molar-refractivity contribution < 1.29 is 36.6 Å². The number of carbonyl (C=O) groups is 2. The molecular weight excluding hydrogens is 586 g/mol. The van der Waals surface area contributed by atoms with E-state index in [1.54, 1.807) is 6.07 Å². The molecule has 3 aliphatic rings. The highest BCUT2D eigenvalue weighted by Gasteiger charge is 2.40. The minimum absolute atomic E-state index is 0.109. The highest BCUT2D eigenvalue weighted by atomic mass is 32.1. The molecule has 2 N–H and O–H groups in total. The standard InChI is InChI=1S/C31H31F4N3O4S/c1-41-29(40)18-11-24(32)27-25(12-18)43-30(37-27)38-13-17-8-9-20(10-19(17)14-38)42-15-22(28(39)16-6-7-16)26(36)21-4-2-3-5-23(21)31(33,34)35/h2-5,11-12,16-17,19-20H,6-10,13-15,36H2,1H3/t17?,19-,20-/m0/s1. The Morgan fingerprint density at radius 1 is 1.09 bits per heavy atom. The van der Waals surface area contributed by atoms with E-state index in [9.17, 15) is 27.2 Å². The highest BCUT2D eigenvalue weighted by Crippen LogP contribution is 2.42. The Labute approximate surface area is 249 Å². The molecule has 2 saturated carbocycles. The molecule has 2 aliphatic carbocycles. The molecule has 3 atom stereocenters. The fourth-order valence-corrected chi connectivity index (χ4v) is 7.28. The van der Waals surface area contributed by atoms with Crippen LogP contribution in [0.3, 0.4) is 0 Å². The van der Waals surface area contributed by atoms with E-state index in [-0.39, 0.29) is 58.2 Å². The lowest BCUT2D eigenvalue weighted by atomic mass is 9.80. The first kappa shape index (κ1) is 29.6. The quantitative estimate of drug-likeness (QED) is 0.182. The highest BCUT2D eigenvalue weighted by molar-refractivity contribution is 7.22. The van der Waals surface area contributed by atoms with Gasteiger partial charge in [0.05, 0.1) is 35.6 Å². The van der Waals surface area contributed by atoms with Gasteiger partial charge in [-0.25, -0.2) is 14.2 Å². The maximum Gasteiger partial charge on any atom is 0.417 e. The molecule has 228 valence electrons. The van der Waals surface area contributed by atoms with Crippen LogP contribution in [0.15, 0.2) is 42.0 Å². The minimum Gasteiger partial charge on any atom is -0.465 e. The van der Waals surface area contributed by atoms with Crippen molar-refractivity contribution in [1.29, 1.82) is 0 Å². The number of ketones is 1. The van der Waals surface area contributed by atoms with Crippen LogP contribution >= 0.6 is 11.3 Å². The molecule has 0 bridgehead atoms. The summed E-state index contributed by atoms with van der Waals surface area (Å²) in [6.45, 7) is 1.31. The Hall–Kier alpha value is -3.51. The number of fused-ring (bicyclic) bond motifs is 2. The van der Waals surface area contributed by atoms with Gasteiger partial charge in [-0.2, -0.15) is 13.2 Å². The van der Waals surface area contributed by atoms with Crippen molar-refractivity contribution >= 4 is 44.1 Å². The Morgan fingerprint density at radius 2 is 1.84 bits per heavy atom. The number of Topliss-reactive ketones (excluding diaryl/α,β-unsaturated/α-hetero) is 1. The van der Waals surface area contributed by atoms with Crippen LogP contribution in [0.1, 0.15) is 53.6 Å². The molecular formula is C31H31F4N3O4S. The van der Waals surface area contributed by atoms with E-state index in [0.717, 1.165) is 37.9 Å². The van der Waals surface area contributed by atoms with Crippen LogP contribution in [0, 0.1) is 23.6 Å². The summed E-state index contributed by atoms with van der Waals surface area (Å²) in [5, 5.41) is 0.680. The van der Waals surface area contributed by atoms with E-state index >= 15 is 0 Å². The van der Waals surface area contributed by atoms with Crippen LogP contribution in [0.5, 0.6) is 0 Å². The monoisotopic (exact) mass is 617 g/mol. The van der Waals surface area contributed by atoms with Gasteiger partial charge >= 0.3 is 12.1 Å². The van der Waals surface area contributed by atoms with Gasteiger partial charge in [0.15, 0.2) is 16.7 Å². The summed E-state index contributed by atoms with van der Waals surface area (Å²) >= 11 is 1.33. The average molecular weight is 618 g/mol. The summed E-state index contributed by atoms with van der Waals surface area (Å²) in [5.41, 5.74) is 5.47. The number of aromatic nitrogens is 1. The predicted octanol–water partition coefficient (Wildman–Crippen LogP) is 6.21. The number of hydrogen-bond acceptors (Lipinski definition) is 8. The van der Waals surface area contributed by atoms with Gasteiger partial charge in [0.1, 0.15) is 5.52 Å². The number of alkyl halides is 3. The maximum absolute atomic E-state index is 14.7. The van der Waals surface area contributed by atoms with E-state index in [0.29, 0.717) is 35.1 Å². The molecule has 12 heteroatoms. The zero-order valence-corrected chi connectivity index (χ0v) is 24.3. The molecule has 3 fully saturated rings. The third-order valence-corrected chi connectivity index (χ3v) is 9.75. The third kappa shape index (κ3) is 5.99. The zero-order chi connectivity index (χ0) is 30.5. The molecule has 2 heterocycles. The Bertz CT molecular complexity index is 1600. The molecule has 6 rings (SSSR count). The summed E-state index contributed by atoms with van der Waals surface area (Å²) < 4.78 is 67.3. The second kappa shape index (κ2) is 11.5. The van der Waals surface area contributed by atoms with Gasteiger partial charge in [-0.05, 0) is 62.1 Å². The molecule has 1 aliphatic heterocycles. The number of hydrogen-bond donors (Lipinski definition) is 1. The van der Waals surface area contributed by atoms with Gasteiger partial charge in [-0.1, -0.05) is 29.5 Å². The molecule has 2 aromatic carbocycles. The van der Waals surface area contributed by atoms with E-state index in [1.807, 2.05) is 0 Å². The SMILES string of the molecule is COC(=O)c1cc(F)c2nc(N3CC4CC[C@H](OCC(C(=O)C5CC5)=C(N)c5ccccc5C(F)(F)F)C[C@H]4C3)sc2c1. The molecule has 1 aromatic heterocycles. The van der Waals surface area contributed by atoms with E-state index in [4.69, 9.17) is 15.2 Å². The summed E-state index contributed by atoms with van der Waals surface area (Å²) in [4.78, 5) is 31.7. The van der Waals surface area contributed by atoms with Crippen molar-refractivity contribution in [2.45, 2.75) is 44.4 Å². The largest absolute Gasteiger partial charge is 0.465 e. The first-order valence-electron chi connectivity index (χ1n) is 14.3. The summed E-state index contributed by atoms with van der Waals surface area (Å²) in [7, 11) is 1.25. The van der Waals surface area contributed by atoms with Gasteiger partial charge in [-0.15, -0.1) is 0 Å². The maximum atomic E-state index is 14.7. The number of carbonyl (C=O) groups excluding carboxylic acids is 2. The molecule has 7 nitrogen and oxygen atoms in total. The van der Waals surface area contributed by atoms with E-state index < -0.39 is 23.5 Å². The number of anilines is 1. The minimum atomic E-state index is -4.61. The number of rotatable bonds is 8. The van der Waals surface area contributed by atoms with Crippen molar-refractivity contribution in [1.82, 2.24) is 4.98 Å². The Morgan fingerprint density at radius 3 is 2.56 bits per heavy atom. The van der Waals surface area contributed by atoms with Crippen molar-refractivity contribution in [2.24, 2.45) is 23.5 Å². The number of thiazole rings is 1. The van der Waals surface area contributed by atoms with Crippen molar-refractivity contribution in [3.63, 3.8) is 0 Å². The number of ether oxygens (including phenoxy) is 2. The van der Waals surface area contributed by atoms with Crippen LogP contribution in [0.25, 0.3) is 15.9 Å². The lowest BCUT2D eigenvalue weighted by molar-refractivity contribution is -0.137. The van der Waals surface area contributed by atoms with Crippen LogP contribution in [0.4, 0.5) is 22.7 Å². The zero-order valence-electron chi connectivity index (χ0n) is 23.5. The Balaban J connectivity index is 1.16. The van der Waals surface area contributed by atoms with Gasteiger partial charge in [0, 0.05) is 35.8 Å². The van der Waals surface area contributed by atoms with Gasteiger partial charge in [-0.3, -0.25) is 4.79 Å². The normalized spacial score (nSPS) is 22.8. The number of halogens is 4. The second-order valence-corrected chi connectivity index (χ2v) is 12.5. The Kier molecular flexibility index (Phi) is 7.93. The van der Waals surface area contributed by atoms with Crippen molar-refractivity contribution in [2.75, 3.05) is 31.7 Å². The van der Waals surface area contributed by atoms with Gasteiger partial charge in [0.2, 0.25) is 0 Å². The number of nitrogens with two attached hydrogens (primary N) is 1. The molecule has 0 spiro atoms. The molecule has 43 heavy (non-hydrogen) atoms. The van der Waals surface area contributed by atoms with Crippen molar-refractivity contribution in [3.8, 4) is 0 Å². The lowest BCUT2D eigenvalue weighted by Gasteiger charge is -2.31. The fourth-order valence-electron chi connectivity index (χ4n) is 6.25. The second-order valence-electron chi connectivity index (χ2n) is 11.5. The van der Waals surface area contributed by atoms with Gasteiger partial charge < -0.3 is 20.1 Å². The summed E-state index contributed by atoms with van der Waals surface area (Å²) in [6.07, 6.45) is -1.06. The van der Waals surface area contributed by atoms with Gasteiger partial charge in [0.25, 0.3) is 0 Å². The smallest absolute Gasteiger partial charge is 0.417 e. The van der Waals surface area contributed by atoms with Crippen LogP contribution in [-0.2, 0) is 20.4 Å². The molecule has 1 unspecified atom stereocenters. The van der Waals surface area contributed by atoms with Crippen LogP contribution < -0.4 is 10.6 Å². The topological polar surface area (TPSA) is 94.7 Å². The first-order chi connectivity index (χ1) is 20.5. The third-order valence-electron chi connectivity index (χ3n) is 8.69. The first-order valence-corrected chi connectivity index (χ1v) is 15.1. The van der Waals surface area contributed by atoms with Crippen LogP contribution in [0.2, 0.25) is 0 Å². The summed E-state index contributed by atoms with van der Waals surface area (Å²) in [5.74, 6) is -1.00. The molecule has 0 radical (unpaired) electrons. The fraction of sp³-hybridized carbons (Fsp3) is 0.452. The van der Waals surface area contributed by atoms with E-state index in [2.05, 4.69) is 9.88 Å². The van der Waals surface area contributed by atoms with E-state index in [1.165, 1.54) is 36.6 Å². The number of methoxy groups -OCH3 is 1.